The molecule has 0 fully saturated rings. The van der Waals surface area contributed by atoms with E-state index in [0.717, 1.165) is 16.9 Å². The second-order valence-electron chi connectivity index (χ2n) is 5.16. The number of amides is 1. The average molecular weight is 279 g/mol. The smallest absolute Gasteiger partial charge is 0.228 e. The first kappa shape index (κ1) is 15.7. The summed E-state index contributed by atoms with van der Waals surface area (Å²) in [5, 5.41) is 10.6. The summed E-state index contributed by atoms with van der Waals surface area (Å²) in [7, 11) is 1.83. The standard InChI is InChI=1S/C15H21NO2S/c1-5-15(2,3)14(18)16(4)10-13-9-12(11-19-13)7-6-8-17/h9,11,17H,5,8,10H2,1-4H3. The minimum absolute atomic E-state index is 0.131. The first-order valence-electron chi connectivity index (χ1n) is 6.33. The third-order valence-corrected chi connectivity index (χ3v) is 4.09. The molecule has 1 aromatic heterocycles. The minimum atomic E-state index is -0.314. The molecule has 3 nitrogen and oxygen atoms in total. The highest BCUT2D eigenvalue weighted by atomic mass is 32.1. The number of thiophene rings is 1. The van der Waals surface area contributed by atoms with Crippen molar-refractivity contribution in [3.8, 4) is 11.8 Å². The number of hydrogen-bond donors (Lipinski definition) is 1. The summed E-state index contributed by atoms with van der Waals surface area (Å²) in [6.07, 6.45) is 0.827. The third kappa shape index (κ3) is 4.38. The maximum absolute atomic E-state index is 12.2. The highest BCUT2D eigenvalue weighted by Crippen LogP contribution is 2.24. The predicted molar refractivity (Wildman–Crippen MR) is 78.8 cm³/mol. The first-order valence-corrected chi connectivity index (χ1v) is 7.21. The van der Waals surface area contributed by atoms with Crippen LogP contribution in [0.5, 0.6) is 0 Å². The summed E-state index contributed by atoms with van der Waals surface area (Å²) >= 11 is 1.59. The Labute approximate surface area is 119 Å². The van der Waals surface area contributed by atoms with Gasteiger partial charge in [0.05, 0.1) is 6.54 Å². The molecule has 1 amide bonds. The number of hydrogen-bond acceptors (Lipinski definition) is 3. The molecule has 104 valence electrons. The van der Waals surface area contributed by atoms with Gasteiger partial charge in [-0.1, -0.05) is 32.6 Å². The fourth-order valence-corrected chi connectivity index (χ4v) is 2.51. The molecule has 1 rings (SSSR count). The van der Waals surface area contributed by atoms with Crippen LogP contribution in [0.25, 0.3) is 0 Å². The molecule has 19 heavy (non-hydrogen) atoms. The van der Waals surface area contributed by atoms with Gasteiger partial charge in [0.2, 0.25) is 5.91 Å². The van der Waals surface area contributed by atoms with E-state index >= 15 is 0 Å². The van der Waals surface area contributed by atoms with E-state index in [9.17, 15) is 4.79 Å². The number of nitrogens with zero attached hydrogens (tertiary/aromatic N) is 1. The van der Waals surface area contributed by atoms with Gasteiger partial charge in [-0.25, -0.2) is 0 Å². The summed E-state index contributed by atoms with van der Waals surface area (Å²) in [6.45, 7) is 6.44. The maximum Gasteiger partial charge on any atom is 0.228 e. The van der Waals surface area contributed by atoms with Crippen molar-refractivity contribution in [3.63, 3.8) is 0 Å². The van der Waals surface area contributed by atoms with Gasteiger partial charge in [0, 0.05) is 28.3 Å². The van der Waals surface area contributed by atoms with E-state index in [0.29, 0.717) is 6.54 Å². The van der Waals surface area contributed by atoms with Gasteiger partial charge >= 0.3 is 0 Å². The molecule has 0 saturated heterocycles. The van der Waals surface area contributed by atoms with Crippen LogP contribution >= 0.6 is 11.3 Å². The van der Waals surface area contributed by atoms with E-state index in [1.165, 1.54) is 0 Å². The number of rotatable bonds is 4. The van der Waals surface area contributed by atoms with Gasteiger partial charge in [-0.2, -0.15) is 0 Å². The summed E-state index contributed by atoms with van der Waals surface area (Å²) < 4.78 is 0. The van der Waals surface area contributed by atoms with Crippen molar-refractivity contribution in [1.29, 1.82) is 0 Å². The van der Waals surface area contributed by atoms with E-state index < -0.39 is 0 Å². The highest BCUT2D eigenvalue weighted by Gasteiger charge is 2.28. The van der Waals surface area contributed by atoms with Crippen LogP contribution in [0.15, 0.2) is 11.4 Å². The van der Waals surface area contributed by atoms with Crippen LogP contribution in [0.3, 0.4) is 0 Å². The first-order chi connectivity index (χ1) is 8.90. The lowest BCUT2D eigenvalue weighted by Gasteiger charge is -2.28. The van der Waals surface area contributed by atoms with Crippen molar-refractivity contribution in [2.45, 2.75) is 33.7 Å². The van der Waals surface area contributed by atoms with Crippen LogP contribution < -0.4 is 0 Å². The summed E-state index contributed by atoms with van der Waals surface area (Å²) in [6, 6.07) is 1.97. The average Bonchev–Trinajstić information content (AvgIpc) is 2.82. The molecular weight excluding hydrogens is 258 g/mol. The second kappa shape index (κ2) is 6.74. The number of carbonyl (C=O) groups is 1. The summed E-state index contributed by atoms with van der Waals surface area (Å²) in [5.41, 5.74) is 0.579. The van der Waals surface area contributed by atoms with Crippen LogP contribution in [0.4, 0.5) is 0 Å². The second-order valence-corrected chi connectivity index (χ2v) is 6.16. The molecule has 1 N–H and O–H groups in total. The quantitative estimate of drug-likeness (QED) is 0.860. The van der Waals surface area contributed by atoms with E-state index in [-0.39, 0.29) is 17.9 Å². The molecule has 0 atom stereocenters. The SMILES string of the molecule is CCC(C)(C)C(=O)N(C)Cc1cc(C#CCO)cs1. The van der Waals surface area contributed by atoms with Crippen molar-refractivity contribution >= 4 is 17.2 Å². The van der Waals surface area contributed by atoms with Gasteiger partial charge in [-0.3, -0.25) is 4.79 Å². The van der Waals surface area contributed by atoms with E-state index in [1.807, 2.05) is 39.3 Å². The zero-order valence-electron chi connectivity index (χ0n) is 12.0. The van der Waals surface area contributed by atoms with Crippen LogP contribution in [0.1, 0.15) is 37.6 Å². The van der Waals surface area contributed by atoms with Crippen LogP contribution in [-0.4, -0.2) is 29.6 Å². The van der Waals surface area contributed by atoms with Crippen LogP contribution in [-0.2, 0) is 11.3 Å². The summed E-state index contributed by atoms with van der Waals surface area (Å²) in [5.74, 6) is 5.64. The van der Waals surface area contributed by atoms with Gasteiger partial charge < -0.3 is 10.0 Å². The number of aliphatic hydroxyl groups excluding tert-OH is 1. The Balaban J connectivity index is 2.69. The largest absolute Gasteiger partial charge is 0.384 e. The third-order valence-electron chi connectivity index (χ3n) is 3.17. The number of aliphatic hydroxyl groups is 1. The molecule has 0 aliphatic heterocycles. The lowest BCUT2D eigenvalue weighted by Crippen LogP contribution is -2.37. The molecule has 4 heteroatoms. The van der Waals surface area contributed by atoms with Crippen LogP contribution in [0.2, 0.25) is 0 Å². The Bertz CT molecular complexity index is 494. The Kier molecular flexibility index (Phi) is 5.59. The van der Waals surface area contributed by atoms with E-state index in [4.69, 9.17) is 5.11 Å². The highest BCUT2D eigenvalue weighted by molar-refractivity contribution is 7.10. The van der Waals surface area contributed by atoms with Gasteiger partial charge in [0.15, 0.2) is 0 Å². The van der Waals surface area contributed by atoms with E-state index in [2.05, 4.69) is 11.8 Å². The van der Waals surface area contributed by atoms with E-state index in [1.54, 1.807) is 16.2 Å². The predicted octanol–water partition coefficient (Wildman–Crippen LogP) is 2.49. The van der Waals surface area contributed by atoms with Crippen molar-refractivity contribution in [1.82, 2.24) is 4.90 Å². The monoisotopic (exact) mass is 279 g/mol. The molecule has 0 unspecified atom stereocenters. The molecule has 0 aliphatic carbocycles. The van der Waals surface area contributed by atoms with Crippen molar-refractivity contribution < 1.29 is 9.90 Å². The lowest BCUT2D eigenvalue weighted by molar-refractivity contribution is -0.139. The fraction of sp³-hybridized carbons (Fsp3) is 0.533. The molecule has 1 aromatic rings. The molecule has 0 aliphatic rings. The zero-order valence-corrected chi connectivity index (χ0v) is 12.8. The Morgan fingerprint density at radius 1 is 1.53 bits per heavy atom. The van der Waals surface area contributed by atoms with Gasteiger partial charge in [0.25, 0.3) is 0 Å². The molecule has 0 radical (unpaired) electrons. The molecule has 0 saturated carbocycles. The molecule has 0 spiro atoms. The van der Waals surface area contributed by atoms with Gasteiger partial charge in [-0.15, -0.1) is 11.3 Å². The Hall–Kier alpha value is -1.31. The van der Waals surface area contributed by atoms with Gasteiger partial charge in [-0.05, 0) is 12.5 Å². The molecule has 0 bridgehead atoms. The van der Waals surface area contributed by atoms with Crippen molar-refractivity contribution in [2.24, 2.45) is 5.41 Å². The Morgan fingerprint density at radius 3 is 2.79 bits per heavy atom. The summed E-state index contributed by atoms with van der Waals surface area (Å²) in [4.78, 5) is 15.1. The zero-order chi connectivity index (χ0) is 14.5. The molecule has 0 aromatic carbocycles. The fourth-order valence-electron chi connectivity index (χ4n) is 1.64. The van der Waals surface area contributed by atoms with Crippen LogP contribution in [0, 0.1) is 17.3 Å². The Morgan fingerprint density at radius 2 is 2.21 bits per heavy atom. The normalized spacial score (nSPS) is 10.8. The maximum atomic E-state index is 12.2. The van der Waals surface area contributed by atoms with Gasteiger partial charge in [0.1, 0.15) is 6.61 Å². The van der Waals surface area contributed by atoms with Crippen molar-refractivity contribution in [2.75, 3.05) is 13.7 Å². The number of carbonyl (C=O) groups excluding carboxylic acids is 1. The van der Waals surface area contributed by atoms with Crippen molar-refractivity contribution in [3.05, 3.63) is 21.9 Å². The topological polar surface area (TPSA) is 40.5 Å². The molecule has 1 heterocycles. The minimum Gasteiger partial charge on any atom is -0.384 e. The molecular formula is C15H21NO2S. The lowest BCUT2D eigenvalue weighted by atomic mass is 9.89.